The molecule has 0 aromatic rings. The molecule has 10 nitrogen and oxygen atoms in total. The highest BCUT2D eigenvalue weighted by atomic mass is 16.7. The van der Waals surface area contributed by atoms with Gasteiger partial charge < -0.3 is 47.1 Å². The molecule has 6 atom stereocenters. The highest BCUT2D eigenvalue weighted by Gasteiger charge is 2.45. The molecule has 1 aliphatic heterocycles. The van der Waals surface area contributed by atoms with E-state index in [0.717, 1.165) is 0 Å². The van der Waals surface area contributed by atoms with E-state index < -0.39 is 55.5 Å². The summed E-state index contributed by atoms with van der Waals surface area (Å²) in [6.45, 7) is -0.612. The number of esters is 1. The van der Waals surface area contributed by atoms with Crippen LogP contribution >= 0.6 is 0 Å². The minimum Gasteiger partial charge on any atom is -0.432 e. The monoisotopic (exact) mass is 323 g/mol. The summed E-state index contributed by atoms with van der Waals surface area (Å²) in [5, 5.41) is 37.9. The van der Waals surface area contributed by atoms with Gasteiger partial charge in [-0.3, -0.25) is 4.79 Å². The standard InChI is InChI=1S/C12H25N3O7/c13-5(2-1-3-7(14)15)11(20)22-12-10(19)9(18)8(17)6(4-16)21-12/h5-10,12,16-19H,1-4,13-15H2/t5-,6+,8-,9-,10+,12?/m0/s1. The molecule has 1 unspecified atom stereocenters. The van der Waals surface area contributed by atoms with Crippen LogP contribution in [0.1, 0.15) is 19.3 Å². The Hall–Kier alpha value is -0.850. The maximum absolute atomic E-state index is 11.8. The van der Waals surface area contributed by atoms with Crippen molar-refractivity contribution in [2.75, 3.05) is 6.61 Å². The van der Waals surface area contributed by atoms with Crippen LogP contribution in [0.25, 0.3) is 0 Å². The minimum atomic E-state index is -1.65. The van der Waals surface area contributed by atoms with Gasteiger partial charge in [0, 0.05) is 0 Å². The molecule has 0 aromatic carbocycles. The average molecular weight is 323 g/mol. The molecular formula is C12H25N3O7. The lowest BCUT2D eigenvalue weighted by Crippen LogP contribution is -2.60. The van der Waals surface area contributed by atoms with Gasteiger partial charge in [0.15, 0.2) is 0 Å². The third-order valence-electron chi connectivity index (χ3n) is 3.44. The second-order valence-corrected chi connectivity index (χ2v) is 5.34. The lowest BCUT2D eigenvalue weighted by Gasteiger charge is -2.39. The van der Waals surface area contributed by atoms with E-state index in [1.807, 2.05) is 0 Å². The van der Waals surface area contributed by atoms with Gasteiger partial charge in [-0.15, -0.1) is 0 Å². The number of carbonyl (C=O) groups excluding carboxylic acids is 1. The van der Waals surface area contributed by atoms with Gasteiger partial charge in [0.2, 0.25) is 6.29 Å². The van der Waals surface area contributed by atoms with Crippen molar-refractivity contribution in [3.8, 4) is 0 Å². The number of aliphatic hydroxyl groups excluding tert-OH is 4. The van der Waals surface area contributed by atoms with E-state index in [0.29, 0.717) is 12.8 Å². The Morgan fingerprint density at radius 2 is 1.73 bits per heavy atom. The fourth-order valence-electron chi connectivity index (χ4n) is 2.06. The van der Waals surface area contributed by atoms with Gasteiger partial charge in [0.05, 0.1) is 12.8 Å². The molecule has 0 bridgehead atoms. The second kappa shape index (κ2) is 8.70. The van der Waals surface area contributed by atoms with Gasteiger partial charge in [-0.05, 0) is 19.3 Å². The first-order chi connectivity index (χ1) is 10.3. The average Bonchev–Trinajstić information content (AvgIpc) is 2.47. The lowest BCUT2D eigenvalue weighted by atomic mass is 9.99. The Morgan fingerprint density at radius 3 is 2.27 bits per heavy atom. The molecule has 0 radical (unpaired) electrons. The number of hydrogen-bond donors (Lipinski definition) is 7. The molecule has 22 heavy (non-hydrogen) atoms. The molecule has 130 valence electrons. The minimum absolute atomic E-state index is 0.279. The van der Waals surface area contributed by atoms with Crippen molar-refractivity contribution in [1.29, 1.82) is 0 Å². The van der Waals surface area contributed by atoms with E-state index in [4.69, 9.17) is 31.8 Å². The summed E-state index contributed by atoms with van der Waals surface area (Å²) in [4.78, 5) is 11.8. The highest BCUT2D eigenvalue weighted by Crippen LogP contribution is 2.22. The molecule has 10 N–H and O–H groups in total. The first kappa shape index (κ1) is 19.2. The van der Waals surface area contributed by atoms with E-state index in [-0.39, 0.29) is 6.42 Å². The predicted molar refractivity (Wildman–Crippen MR) is 73.8 cm³/mol. The van der Waals surface area contributed by atoms with Gasteiger partial charge in [-0.2, -0.15) is 0 Å². The van der Waals surface area contributed by atoms with Gasteiger partial charge in [-0.25, -0.2) is 0 Å². The Morgan fingerprint density at radius 1 is 1.09 bits per heavy atom. The summed E-state index contributed by atoms with van der Waals surface area (Å²) < 4.78 is 9.94. The van der Waals surface area contributed by atoms with E-state index in [9.17, 15) is 20.1 Å². The zero-order valence-corrected chi connectivity index (χ0v) is 12.1. The third-order valence-corrected chi connectivity index (χ3v) is 3.44. The van der Waals surface area contributed by atoms with Gasteiger partial charge in [0.25, 0.3) is 0 Å². The van der Waals surface area contributed by atoms with Gasteiger partial charge in [-0.1, -0.05) is 0 Å². The Kier molecular flexibility index (Phi) is 7.59. The molecule has 0 spiro atoms. The fraction of sp³-hybridized carbons (Fsp3) is 0.917. The fourth-order valence-corrected chi connectivity index (χ4v) is 2.06. The molecule has 1 fully saturated rings. The van der Waals surface area contributed by atoms with Crippen molar-refractivity contribution >= 4 is 5.97 Å². The zero-order chi connectivity index (χ0) is 16.9. The van der Waals surface area contributed by atoms with Crippen molar-refractivity contribution in [3.63, 3.8) is 0 Å². The van der Waals surface area contributed by atoms with Crippen LogP contribution < -0.4 is 17.2 Å². The van der Waals surface area contributed by atoms with E-state index in [2.05, 4.69) is 0 Å². The van der Waals surface area contributed by atoms with Crippen molar-refractivity contribution < 1.29 is 34.7 Å². The van der Waals surface area contributed by atoms with Crippen molar-refractivity contribution in [2.45, 2.75) is 62.2 Å². The summed E-state index contributed by atoms with van der Waals surface area (Å²) in [6, 6.07) is -0.967. The first-order valence-corrected chi connectivity index (χ1v) is 7.05. The number of ether oxygens (including phenoxy) is 2. The smallest absolute Gasteiger partial charge is 0.325 e. The summed E-state index contributed by atoms with van der Waals surface area (Å²) in [6.07, 6.45) is -6.66. The Bertz CT molecular complexity index is 356. The number of rotatable bonds is 7. The van der Waals surface area contributed by atoms with Crippen LogP contribution in [0.4, 0.5) is 0 Å². The number of aliphatic hydroxyl groups is 4. The molecule has 0 saturated carbocycles. The van der Waals surface area contributed by atoms with Gasteiger partial charge in [0.1, 0.15) is 30.5 Å². The molecule has 10 heteroatoms. The van der Waals surface area contributed by atoms with Crippen molar-refractivity contribution in [1.82, 2.24) is 0 Å². The largest absolute Gasteiger partial charge is 0.432 e. The summed E-state index contributed by atoms with van der Waals surface area (Å²) >= 11 is 0. The normalized spacial score (nSPS) is 33.7. The van der Waals surface area contributed by atoms with Crippen LogP contribution in [0.5, 0.6) is 0 Å². The van der Waals surface area contributed by atoms with Crippen LogP contribution in [0.15, 0.2) is 0 Å². The maximum Gasteiger partial charge on any atom is 0.325 e. The summed E-state index contributed by atoms with van der Waals surface area (Å²) in [7, 11) is 0. The van der Waals surface area contributed by atoms with Crippen LogP contribution in [-0.2, 0) is 14.3 Å². The van der Waals surface area contributed by atoms with E-state index in [1.54, 1.807) is 0 Å². The van der Waals surface area contributed by atoms with Crippen molar-refractivity contribution in [3.05, 3.63) is 0 Å². The Labute approximate surface area is 127 Å². The molecule has 1 heterocycles. The lowest BCUT2D eigenvalue weighted by molar-refractivity contribution is -0.293. The molecule has 0 aliphatic carbocycles. The van der Waals surface area contributed by atoms with Crippen molar-refractivity contribution in [2.24, 2.45) is 17.2 Å². The molecule has 1 saturated heterocycles. The quantitative estimate of drug-likeness (QED) is 0.179. The maximum atomic E-state index is 11.8. The number of nitrogens with two attached hydrogens (primary N) is 3. The molecular weight excluding hydrogens is 298 g/mol. The molecule has 1 rings (SSSR count). The second-order valence-electron chi connectivity index (χ2n) is 5.34. The van der Waals surface area contributed by atoms with Crippen LogP contribution in [-0.4, -0.2) is 75.9 Å². The van der Waals surface area contributed by atoms with Crippen LogP contribution in [0.3, 0.4) is 0 Å². The Balaban J connectivity index is 2.51. The molecule has 1 aliphatic rings. The molecule has 0 amide bonds. The van der Waals surface area contributed by atoms with E-state index in [1.165, 1.54) is 0 Å². The highest BCUT2D eigenvalue weighted by molar-refractivity contribution is 5.75. The zero-order valence-electron chi connectivity index (χ0n) is 12.1. The predicted octanol–water partition coefficient (Wildman–Crippen LogP) is -3.93. The third kappa shape index (κ3) is 5.11. The number of hydrogen-bond acceptors (Lipinski definition) is 10. The van der Waals surface area contributed by atoms with E-state index >= 15 is 0 Å². The first-order valence-electron chi connectivity index (χ1n) is 7.05. The topological polar surface area (TPSA) is 195 Å². The van der Waals surface area contributed by atoms with Gasteiger partial charge >= 0.3 is 5.97 Å². The molecule has 0 aromatic heterocycles. The van der Waals surface area contributed by atoms with Crippen LogP contribution in [0, 0.1) is 0 Å². The number of carbonyl (C=O) groups is 1. The summed E-state index contributed by atoms with van der Waals surface area (Å²) in [5.41, 5.74) is 16.4. The van der Waals surface area contributed by atoms with Crippen LogP contribution in [0.2, 0.25) is 0 Å². The SMILES string of the molecule is NC(N)CCC[C@H](N)C(=O)OC1O[C@H](CO)[C@H](O)[C@H](O)[C@H]1O. The summed E-state index contributed by atoms with van der Waals surface area (Å²) in [5.74, 6) is -0.838.